The molecule has 0 bridgehead atoms. The second-order valence-corrected chi connectivity index (χ2v) is 3.34. The van der Waals surface area contributed by atoms with Crippen molar-refractivity contribution in [3.8, 4) is 0 Å². The van der Waals surface area contributed by atoms with Crippen molar-refractivity contribution in [2.75, 3.05) is 0 Å². The van der Waals surface area contributed by atoms with Gasteiger partial charge in [-0.2, -0.15) is 0 Å². The van der Waals surface area contributed by atoms with Crippen molar-refractivity contribution in [3.63, 3.8) is 0 Å². The predicted molar refractivity (Wildman–Crippen MR) is 51.7 cm³/mol. The number of aromatic amines is 1. The molecule has 0 fully saturated rings. The van der Waals surface area contributed by atoms with Crippen LogP contribution in [0.15, 0.2) is 18.2 Å². The molecule has 0 amide bonds. The number of imidazole rings is 1. The number of aliphatic hydroxyl groups excluding tert-OH is 1. The zero-order valence-electron chi connectivity index (χ0n) is 7.08. The van der Waals surface area contributed by atoms with Crippen LogP contribution >= 0.6 is 11.6 Å². The van der Waals surface area contributed by atoms with E-state index in [0.29, 0.717) is 16.4 Å². The van der Waals surface area contributed by atoms with Crippen LogP contribution in [-0.4, -0.2) is 15.1 Å². The summed E-state index contributed by atoms with van der Waals surface area (Å²) in [6, 6.07) is 5.49. The molecule has 13 heavy (non-hydrogen) atoms. The standard InChI is InChI=1S/C9H9ClN2O/c1-5(13)9-11-7-4-2-3-6(10)8(7)12-9/h2-5,13H,1H3,(H,11,12). The van der Waals surface area contributed by atoms with Gasteiger partial charge in [-0.05, 0) is 19.1 Å². The fourth-order valence-corrected chi connectivity index (χ4v) is 1.43. The number of aliphatic hydroxyl groups is 1. The van der Waals surface area contributed by atoms with Crippen LogP contribution in [-0.2, 0) is 0 Å². The van der Waals surface area contributed by atoms with Crippen LogP contribution in [0.3, 0.4) is 0 Å². The first-order valence-corrected chi connectivity index (χ1v) is 4.38. The van der Waals surface area contributed by atoms with E-state index in [2.05, 4.69) is 9.97 Å². The summed E-state index contributed by atoms with van der Waals surface area (Å²) in [7, 11) is 0. The minimum atomic E-state index is -0.594. The number of fused-ring (bicyclic) bond motifs is 1. The molecule has 0 spiro atoms. The highest BCUT2D eigenvalue weighted by molar-refractivity contribution is 6.34. The number of halogens is 1. The Morgan fingerprint density at radius 1 is 1.54 bits per heavy atom. The van der Waals surface area contributed by atoms with Gasteiger partial charge < -0.3 is 10.1 Å². The van der Waals surface area contributed by atoms with Crippen molar-refractivity contribution in [3.05, 3.63) is 29.0 Å². The van der Waals surface area contributed by atoms with Gasteiger partial charge in [0, 0.05) is 0 Å². The molecular weight excluding hydrogens is 188 g/mol. The van der Waals surface area contributed by atoms with E-state index in [9.17, 15) is 5.11 Å². The average Bonchev–Trinajstić information content (AvgIpc) is 2.49. The second kappa shape index (κ2) is 3.01. The third kappa shape index (κ3) is 1.41. The quantitative estimate of drug-likeness (QED) is 0.735. The van der Waals surface area contributed by atoms with E-state index in [1.165, 1.54) is 0 Å². The van der Waals surface area contributed by atoms with Gasteiger partial charge in [-0.25, -0.2) is 4.98 Å². The summed E-state index contributed by atoms with van der Waals surface area (Å²) >= 11 is 5.91. The van der Waals surface area contributed by atoms with E-state index in [1.807, 2.05) is 12.1 Å². The van der Waals surface area contributed by atoms with Gasteiger partial charge in [0.25, 0.3) is 0 Å². The molecule has 2 N–H and O–H groups in total. The minimum absolute atomic E-state index is 0.545. The summed E-state index contributed by atoms with van der Waals surface area (Å²) in [5, 5.41) is 9.88. The van der Waals surface area contributed by atoms with Crippen LogP contribution in [0.2, 0.25) is 5.02 Å². The molecule has 0 saturated heterocycles. The minimum Gasteiger partial charge on any atom is -0.385 e. The van der Waals surface area contributed by atoms with Crippen molar-refractivity contribution >= 4 is 22.6 Å². The van der Waals surface area contributed by atoms with Crippen molar-refractivity contribution in [2.24, 2.45) is 0 Å². The number of hydrogen-bond acceptors (Lipinski definition) is 2. The maximum atomic E-state index is 9.28. The van der Waals surface area contributed by atoms with Crippen LogP contribution in [0.1, 0.15) is 18.9 Å². The van der Waals surface area contributed by atoms with Gasteiger partial charge in [0.1, 0.15) is 17.4 Å². The van der Waals surface area contributed by atoms with Crippen LogP contribution in [0.25, 0.3) is 11.0 Å². The third-order valence-electron chi connectivity index (χ3n) is 1.88. The maximum absolute atomic E-state index is 9.28. The first-order chi connectivity index (χ1) is 6.18. The molecule has 4 heteroatoms. The first-order valence-electron chi connectivity index (χ1n) is 4.00. The summed E-state index contributed by atoms with van der Waals surface area (Å²) in [6.07, 6.45) is -0.594. The van der Waals surface area contributed by atoms with Crippen LogP contribution in [0.4, 0.5) is 0 Å². The number of H-pyrrole nitrogens is 1. The maximum Gasteiger partial charge on any atom is 0.136 e. The molecule has 0 radical (unpaired) electrons. The van der Waals surface area contributed by atoms with Gasteiger partial charge in [-0.3, -0.25) is 0 Å². The van der Waals surface area contributed by atoms with E-state index >= 15 is 0 Å². The summed E-state index contributed by atoms with van der Waals surface area (Å²) in [4.78, 5) is 7.16. The molecule has 1 heterocycles. The Morgan fingerprint density at radius 2 is 2.31 bits per heavy atom. The normalized spacial score (nSPS) is 13.5. The monoisotopic (exact) mass is 196 g/mol. The lowest BCUT2D eigenvalue weighted by Crippen LogP contribution is -1.92. The lowest BCUT2D eigenvalue weighted by atomic mass is 10.3. The molecule has 2 aromatic rings. The van der Waals surface area contributed by atoms with E-state index < -0.39 is 6.10 Å². The Morgan fingerprint density at radius 3 is 2.92 bits per heavy atom. The Hall–Kier alpha value is -1.06. The van der Waals surface area contributed by atoms with Crippen molar-refractivity contribution in [2.45, 2.75) is 13.0 Å². The van der Waals surface area contributed by atoms with Crippen molar-refractivity contribution in [1.82, 2.24) is 9.97 Å². The Labute approximate surface area is 80.4 Å². The van der Waals surface area contributed by atoms with Crippen molar-refractivity contribution in [1.29, 1.82) is 0 Å². The van der Waals surface area contributed by atoms with Crippen LogP contribution in [0, 0.1) is 0 Å². The third-order valence-corrected chi connectivity index (χ3v) is 2.18. The van der Waals surface area contributed by atoms with E-state index in [4.69, 9.17) is 11.6 Å². The second-order valence-electron chi connectivity index (χ2n) is 2.93. The first kappa shape index (κ1) is 8.53. The summed E-state index contributed by atoms with van der Waals surface area (Å²) in [5.41, 5.74) is 1.56. The Kier molecular flexibility index (Phi) is 1.98. The number of nitrogens with one attached hydrogen (secondary N) is 1. The lowest BCUT2D eigenvalue weighted by Gasteiger charge is -1.95. The number of aromatic nitrogens is 2. The molecule has 2 rings (SSSR count). The zero-order valence-corrected chi connectivity index (χ0v) is 7.84. The topological polar surface area (TPSA) is 48.9 Å². The molecule has 0 saturated carbocycles. The number of hydrogen-bond donors (Lipinski definition) is 2. The van der Waals surface area contributed by atoms with Gasteiger partial charge in [0.15, 0.2) is 0 Å². The molecule has 3 nitrogen and oxygen atoms in total. The summed E-state index contributed by atoms with van der Waals surface area (Å²) < 4.78 is 0. The average molecular weight is 197 g/mol. The van der Waals surface area contributed by atoms with Crippen LogP contribution in [0.5, 0.6) is 0 Å². The van der Waals surface area contributed by atoms with Crippen molar-refractivity contribution < 1.29 is 5.11 Å². The molecule has 1 aromatic heterocycles. The highest BCUT2D eigenvalue weighted by atomic mass is 35.5. The number of rotatable bonds is 1. The fraction of sp³-hybridized carbons (Fsp3) is 0.222. The number of nitrogens with zero attached hydrogens (tertiary/aromatic N) is 1. The summed E-state index contributed by atoms with van der Waals surface area (Å²) in [6.45, 7) is 1.66. The van der Waals surface area contributed by atoms with E-state index in [-0.39, 0.29) is 0 Å². The predicted octanol–water partition coefficient (Wildman–Crippen LogP) is 2.27. The molecule has 68 valence electrons. The molecular formula is C9H9ClN2O. The molecule has 1 aromatic carbocycles. The zero-order chi connectivity index (χ0) is 9.42. The fourth-order valence-electron chi connectivity index (χ4n) is 1.21. The van der Waals surface area contributed by atoms with Gasteiger partial charge in [0.05, 0.1) is 10.5 Å². The molecule has 0 aliphatic heterocycles. The Balaban J connectivity index is 2.68. The van der Waals surface area contributed by atoms with Gasteiger partial charge >= 0.3 is 0 Å². The number of para-hydroxylation sites is 1. The Bertz CT molecular complexity index is 436. The lowest BCUT2D eigenvalue weighted by molar-refractivity contribution is 0.190. The highest BCUT2D eigenvalue weighted by Gasteiger charge is 2.08. The van der Waals surface area contributed by atoms with E-state index in [0.717, 1.165) is 5.52 Å². The van der Waals surface area contributed by atoms with E-state index in [1.54, 1.807) is 13.0 Å². The highest BCUT2D eigenvalue weighted by Crippen LogP contribution is 2.22. The molecule has 0 aliphatic carbocycles. The van der Waals surface area contributed by atoms with Gasteiger partial charge in [-0.15, -0.1) is 0 Å². The van der Waals surface area contributed by atoms with Gasteiger partial charge in [-0.1, -0.05) is 17.7 Å². The largest absolute Gasteiger partial charge is 0.385 e. The van der Waals surface area contributed by atoms with Crippen LogP contribution < -0.4 is 0 Å². The molecule has 1 atom stereocenters. The summed E-state index contributed by atoms with van der Waals surface area (Å²) in [5.74, 6) is 0.545. The SMILES string of the molecule is CC(O)c1nc2c(Cl)cccc2[nH]1. The van der Waals surface area contributed by atoms with Gasteiger partial charge in [0.2, 0.25) is 0 Å². The smallest absolute Gasteiger partial charge is 0.136 e. The number of benzene rings is 1. The molecule has 1 unspecified atom stereocenters. The molecule has 0 aliphatic rings.